The Labute approximate surface area is 182 Å². The number of β-amino-alcohol motifs (C(OH)–C–C–N with tert-alkyl or cyclic N) is 1. The van der Waals surface area contributed by atoms with Gasteiger partial charge in [0.2, 0.25) is 5.91 Å². The van der Waals surface area contributed by atoms with Crippen molar-refractivity contribution in [3.05, 3.63) is 15.6 Å². The van der Waals surface area contributed by atoms with Crippen LogP contribution in [0.4, 0.5) is 0 Å². The Morgan fingerprint density at radius 3 is 2.43 bits per heavy atom. The summed E-state index contributed by atoms with van der Waals surface area (Å²) in [5.74, 6) is 0.150. The molecular weight excluding hydrogens is 400 g/mol. The fourth-order valence-corrected chi connectivity index (χ4v) is 6.21. The van der Waals surface area contributed by atoms with Gasteiger partial charge in [0.15, 0.2) is 0 Å². The Kier molecular flexibility index (Phi) is 6.75. The van der Waals surface area contributed by atoms with Gasteiger partial charge in [0, 0.05) is 31.7 Å². The van der Waals surface area contributed by atoms with Crippen LogP contribution in [0.2, 0.25) is 0 Å². The number of amides is 2. The zero-order valence-electron chi connectivity index (χ0n) is 18.1. The van der Waals surface area contributed by atoms with E-state index in [4.69, 9.17) is 0 Å². The van der Waals surface area contributed by atoms with Crippen LogP contribution in [0.5, 0.6) is 0 Å². The van der Waals surface area contributed by atoms with Gasteiger partial charge in [-0.1, -0.05) is 19.3 Å². The number of hydrogen-bond acceptors (Lipinski definition) is 6. The molecule has 2 atom stereocenters. The first kappa shape index (κ1) is 21.7. The molecule has 30 heavy (non-hydrogen) atoms. The zero-order valence-corrected chi connectivity index (χ0v) is 18.9. The summed E-state index contributed by atoms with van der Waals surface area (Å²) in [6, 6.07) is 0.273. The number of thiazole rings is 1. The Morgan fingerprint density at radius 2 is 1.80 bits per heavy atom. The first-order valence-corrected chi connectivity index (χ1v) is 12.2. The summed E-state index contributed by atoms with van der Waals surface area (Å²) in [4.78, 5) is 35.1. The number of aliphatic hydroxyl groups excluding tert-OH is 1. The summed E-state index contributed by atoms with van der Waals surface area (Å²) < 4.78 is 0. The maximum Gasteiger partial charge on any atom is 0.265 e. The van der Waals surface area contributed by atoms with E-state index in [9.17, 15) is 14.7 Å². The number of likely N-dealkylation sites (tertiary alicyclic amines) is 2. The number of nitrogens with one attached hydrogen (secondary N) is 1. The van der Waals surface area contributed by atoms with Crippen LogP contribution in [-0.2, 0) is 4.79 Å². The van der Waals surface area contributed by atoms with E-state index < -0.39 is 6.10 Å². The predicted octanol–water partition coefficient (Wildman–Crippen LogP) is 2.25. The molecule has 2 saturated heterocycles. The minimum Gasteiger partial charge on any atom is -0.392 e. The molecule has 8 heteroatoms. The molecule has 0 radical (unpaired) electrons. The van der Waals surface area contributed by atoms with Gasteiger partial charge in [0.1, 0.15) is 4.88 Å². The van der Waals surface area contributed by atoms with E-state index in [1.54, 1.807) is 0 Å². The zero-order chi connectivity index (χ0) is 21.3. The lowest BCUT2D eigenvalue weighted by Crippen LogP contribution is -2.53. The van der Waals surface area contributed by atoms with Crippen LogP contribution in [0.3, 0.4) is 0 Å². The number of aryl methyl sites for hydroxylation is 2. The highest BCUT2D eigenvalue weighted by atomic mass is 32.1. The SMILES string of the molecule is Cc1nc(C)c(C(=O)N2CCC(N3C[C@H](O)C[C@H]3C(=O)NC3CCCCC3)CC2)s1. The molecule has 4 rings (SSSR count). The molecule has 1 aromatic heterocycles. The quantitative estimate of drug-likeness (QED) is 0.759. The lowest BCUT2D eigenvalue weighted by atomic mass is 9.95. The van der Waals surface area contributed by atoms with E-state index >= 15 is 0 Å². The molecule has 1 saturated carbocycles. The fraction of sp³-hybridized carbons (Fsp3) is 0.773. The predicted molar refractivity (Wildman–Crippen MR) is 117 cm³/mol. The van der Waals surface area contributed by atoms with Gasteiger partial charge in [-0.05, 0) is 46.0 Å². The van der Waals surface area contributed by atoms with E-state index in [0.717, 1.165) is 41.3 Å². The first-order chi connectivity index (χ1) is 14.4. The number of rotatable bonds is 4. The van der Waals surface area contributed by atoms with E-state index in [-0.39, 0.29) is 29.9 Å². The molecule has 7 nitrogen and oxygen atoms in total. The minimum absolute atomic E-state index is 0.0737. The fourth-order valence-electron chi connectivity index (χ4n) is 5.32. The summed E-state index contributed by atoms with van der Waals surface area (Å²) in [6.45, 7) is 5.74. The Hall–Kier alpha value is -1.51. The summed E-state index contributed by atoms with van der Waals surface area (Å²) in [6.07, 6.45) is 7.51. The number of carbonyl (C=O) groups is 2. The number of aromatic nitrogens is 1. The van der Waals surface area contributed by atoms with Gasteiger partial charge >= 0.3 is 0 Å². The molecule has 0 spiro atoms. The van der Waals surface area contributed by atoms with Crippen LogP contribution < -0.4 is 5.32 Å². The first-order valence-electron chi connectivity index (χ1n) is 11.4. The van der Waals surface area contributed by atoms with E-state index in [1.165, 1.54) is 30.6 Å². The molecule has 1 aromatic rings. The Bertz CT molecular complexity index is 768. The molecular formula is C22H34N4O3S. The van der Waals surface area contributed by atoms with Crippen LogP contribution in [0.25, 0.3) is 0 Å². The van der Waals surface area contributed by atoms with Crippen molar-refractivity contribution < 1.29 is 14.7 Å². The van der Waals surface area contributed by atoms with Crippen molar-refractivity contribution in [1.29, 1.82) is 0 Å². The Balaban J connectivity index is 1.35. The second-order valence-electron chi connectivity index (χ2n) is 9.12. The Morgan fingerprint density at radius 1 is 1.10 bits per heavy atom. The molecule has 1 aliphatic carbocycles. The van der Waals surface area contributed by atoms with Gasteiger partial charge in [-0.15, -0.1) is 11.3 Å². The maximum absolute atomic E-state index is 13.0. The van der Waals surface area contributed by atoms with Crippen LogP contribution in [0, 0.1) is 13.8 Å². The minimum atomic E-state index is -0.449. The highest BCUT2D eigenvalue weighted by Crippen LogP contribution is 2.29. The lowest BCUT2D eigenvalue weighted by molar-refractivity contribution is -0.127. The molecule has 3 heterocycles. The van der Waals surface area contributed by atoms with Crippen molar-refractivity contribution in [3.63, 3.8) is 0 Å². The summed E-state index contributed by atoms with van der Waals surface area (Å²) in [5.41, 5.74) is 0.812. The molecule has 2 aliphatic heterocycles. The van der Waals surface area contributed by atoms with Gasteiger partial charge in [-0.2, -0.15) is 0 Å². The molecule has 0 aromatic carbocycles. The van der Waals surface area contributed by atoms with Crippen molar-refractivity contribution in [2.45, 2.75) is 89.4 Å². The van der Waals surface area contributed by atoms with Crippen LogP contribution in [0.1, 0.15) is 71.7 Å². The van der Waals surface area contributed by atoms with Gasteiger partial charge in [-0.25, -0.2) is 4.98 Å². The third kappa shape index (κ3) is 4.70. The van der Waals surface area contributed by atoms with E-state index in [1.807, 2.05) is 18.7 Å². The molecule has 3 aliphatic rings. The van der Waals surface area contributed by atoms with Gasteiger partial charge < -0.3 is 15.3 Å². The van der Waals surface area contributed by atoms with Crippen molar-refractivity contribution >= 4 is 23.2 Å². The van der Waals surface area contributed by atoms with Crippen LogP contribution >= 0.6 is 11.3 Å². The summed E-state index contributed by atoms with van der Waals surface area (Å²) >= 11 is 1.46. The molecule has 0 unspecified atom stereocenters. The average molecular weight is 435 g/mol. The number of nitrogens with zero attached hydrogens (tertiary/aromatic N) is 3. The molecule has 2 N–H and O–H groups in total. The van der Waals surface area contributed by atoms with Crippen LogP contribution in [0.15, 0.2) is 0 Å². The highest BCUT2D eigenvalue weighted by molar-refractivity contribution is 7.13. The van der Waals surface area contributed by atoms with Gasteiger partial charge in [0.05, 0.1) is 22.8 Å². The van der Waals surface area contributed by atoms with Crippen molar-refractivity contribution in [2.24, 2.45) is 0 Å². The van der Waals surface area contributed by atoms with Gasteiger partial charge in [-0.3, -0.25) is 14.5 Å². The number of carbonyl (C=O) groups excluding carboxylic acids is 2. The topological polar surface area (TPSA) is 85.8 Å². The van der Waals surface area contributed by atoms with Crippen molar-refractivity contribution in [3.8, 4) is 0 Å². The third-order valence-electron chi connectivity index (χ3n) is 6.89. The average Bonchev–Trinajstić information content (AvgIpc) is 3.30. The number of hydrogen-bond donors (Lipinski definition) is 2. The molecule has 166 valence electrons. The molecule has 2 amide bonds. The monoisotopic (exact) mass is 434 g/mol. The second kappa shape index (κ2) is 9.32. The summed E-state index contributed by atoms with van der Waals surface area (Å²) in [5, 5.41) is 14.5. The van der Waals surface area contributed by atoms with Crippen molar-refractivity contribution in [1.82, 2.24) is 20.1 Å². The standard InChI is InChI=1S/C22H34N4O3S/c1-14-20(30-15(2)23-14)22(29)25-10-8-17(9-11-25)26-13-18(27)12-19(26)21(28)24-16-6-4-3-5-7-16/h16-19,27H,3-13H2,1-2H3,(H,24,28)/t18-,19+/m1/s1. The van der Waals surface area contributed by atoms with E-state index in [2.05, 4.69) is 15.2 Å². The third-order valence-corrected chi connectivity index (χ3v) is 7.95. The smallest absolute Gasteiger partial charge is 0.265 e. The normalized spacial score (nSPS) is 26.8. The second-order valence-corrected chi connectivity index (χ2v) is 10.3. The van der Waals surface area contributed by atoms with Gasteiger partial charge in [0.25, 0.3) is 5.91 Å². The molecule has 0 bridgehead atoms. The van der Waals surface area contributed by atoms with E-state index in [0.29, 0.717) is 26.1 Å². The number of aliphatic hydroxyl groups is 1. The number of piperidine rings is 1. The summed E-state index contributed by atoms with van der Waals surface area (Å²) in [7, 11) is 0. The maximum atomic E-state index is 13.0. The van der Waals surface area contributed by atoms with Crippen molar-refractivity contribution in [2.75, 3.05) is 19.6 Å². The highest BCUT2D eigenvalue weighted by Gasteiger charge is 2.41. The lowest BCUT2D eigenvalue weighted by Gasteiger charge is -2.39. The van der Waals surface area contributed by atoms with Crippen LogP contribution in [-0.4, -0.2) is 75.6 Å². The largest absolute Gasteiger partial charge is 0.392 e. The molecule has 3 fully saturated rings.